The van der Waals surface area contributed by atoms with Crippen LogP contribution in [0.25, 0.3) is 0 Å². The van der Waals surface area contributed by atoms with Crippen LogP contribution in [0.2, 0.25) is 10.0 Å². The molecule has 0 aliphatic carbocycles. The van der Waals surface area contributed by atoms with Crippen molar-refractivity contribution in [2.45, 2.75) is 19.3 Å². The Bertz CT molecular complexity index is 455. The number of hydrogen-bond donors (Lipinski definition) is 1. The van der Waals surface area contributed by atoms with Gasteiger partial charge in [0.05, 0.1) is 15.6 Å². The maximum absolute atomic E-state index is 13.3. The topological polar surface area (TPSA) is 40.5 Å². The average molecular weight is 308 g/mol. The third-order valence-electron chi connectivity index (χ3n) is 2.74. The van der Waals surface area contributed by atoms with Gasteiger partial charge < -0.3 is 10.0 Å². The standard InChI is InChI=1S/C13H16Cl2FNO2/c1-17(5-3-2-4-6-18)13(19)9-7-12(16)11(15)8-10(9)14/h7-8,18H,2-6H2,1H3. The second-order valence-corrected chi connectivity index (χ2v) is 5.07. The fourth-order valence-electron chi connectivity index (χ4n) is 1.63. The van der Waals surface area contributed by atoms with E-state index in [4.69, 9.17) is 28.3 Å². The highest BCUT2D eigenvalue weighted by Crippen LogP contribution is 2.25. The molecule has 19 heavy (non-hydrogen) atoms. The summed E-state index contributed by atoms with van der Waals surface area (Å²) in [6.45, 7) is 0.672. The molecule has 1 N–H and O–H groups in total. The van der Waals surface area contributed by atoms with E-state index in [1.54, 1.807) is 7.05 Å². The minimum atomic E-state index is -0.664. The molecule has 1 aromatic carbocycles. The first-order valence-corrected chi connectivity index (χ1v) is 6.73. The Morgan fingerprint density at radius 3 is 2.58 bits per heavy atom. The van der Waals surface area contributed by atoms with Crippen molar-refractivity contribution in [1.82, 2.24) is 4.90 Å². The van der Waals surface area contributed by atoms with Gasteiger partial charge in [-0.1, -0.05) is 23.2 Å². The number of hydrogen-bond acceptors (Lipinski definition) is 2. The molecule has 0 atom stereocenters. The summed E-state index contributed by atoms with van der Waals surface area (Å²) in [6.07, 6.45) is 2.31. The Morgan fingerprint density at radius 1 is 1.26 bits per heavy atom. The number of benzene rings is 1. The van der Waals surface area contributed by atoms with E-state index in [-0.39, 0.29) is 28.1 Å². The lowest BCUT2D eigenvalue weighted by Crippen LogP contribution is -2.28. The summed E-state index contributed by atoms with van der Waals surface area (Å²) in [5, 5.41) is 8.69. The normalized spacial score (nSPS) is 10.6. The predicted molar refractivity (Wildman–Crippen MR) is 74.3 cm³/mol. The predicted octanol–water partition coefficient (Wildman–Crippen LogP) is 3.37. The highest BCUT2D eigenvalue weighted by atomic mass is 35.5. The zero-order valence-electron chi connectivity index (χ0n) is 10.6. The fraction of sp³-hybridized carbons (Fsp3) is 0.462. The molecule has 0 aliphatic rings. The van der Waals surface area contributed by atoms with Gasteiger partial charge in [-0.05, 0) is 31.4 Å². The van der Waals surface area contributed by atoms with Gasteiger partial charge in [0.15, 0.2) is 0 Å². The van der Waals surface area contributed by atoms with Gasteiger partial charge in [-0.2, -0.15) is 0 Å². The zero-order chi connectivity index (χ0) is 14.4. The molecule has 0 aromatic heterocycles. The number of unbranched alkanes of at least 4 members (excludes halogenated alkanes) is 2. The zero-order valence-corrected chi connectivity index (χ0v) is 12.1. The molecule has 0 bridgehead atoms. The summed E-state index contributed by atoms with van der Waals surface area (Å²) in [7, 11) is 1.63. The second-order valence-electron chi connectivity index (χ2n) is 4.26. The monoisotopic (exact) mass is 307 g/mol. The van der Waals surface area contributed by atoms with Gasteiger partial charge in [0.1, 0.15) is 5.82 Å². The number of carbonyl (C=O) groups is 1. The number of amides is 1. The Labute approximate surface area is 121 Å². The minimum Gasteiger partial charge on any atom is -0.396 e. The Hall–Kier alpha value is -0.840. The number of aliphatic hydroxyl groups excluding tert-OH is 1. The third kappa shape index (κ3) is 4.64. The first-order valence-electron chi connectivity index (χ1n) is 5.98. The van der Waals surface area contributed by atoms with E-state index >= 15 is 0 Å². The maximum atomic E-state index is 13.3. The quantitative estimate of drug-likeness (QED) is 0.646. The Kier molecular flexibility index (Phi) is 6.55. The second kappa shape index (κ2) is 7.68. The van der Waals surface area contributed by atoms with Crippen LogP contribution in [-0.2, 0) is 0 Å². The summed E-state index contributed by atoms with van der Waals surface area (Å²) in [6, 6.07) is 2.28. The summed E-state index contributed by atoms with van der Waals surface area (Å²) in [5.74, 6) is -1.01. The third-order valence-corrected chi connectivity index (χ3v) is 3.34. The maximum Gasteiger partial charge on any atom is 0.255 e. The number of rotatable bonds is 6. The molecule has 6 heteroatoms. The van der Waals surface area contributed by atoms with Crippen LogP contribution in [0, 0.1) is 5.82 Å². The van der Waals surface area contributed by atoms with Crippen molar-refractivity contribution in [1.29, 1.82) is 0 Å². The molecule has 1 aromatic rings. The van der Waals surface area contributed by atoms with Gasteiger partial charge in [-0.15, -0.1) is 0 Å². The minimum absolute atomic E-state index is 0.104. The van der Waals surface area contributed by atoms with Crippen LogP contribution in [0.15, 0.2) is 12.1 Å². The molecule has 1 rings (SSSR count). The van der Waals surface area contributed by atoms with Crippen molar-refractivity contribution in [2.24, 2.45) is 0 Å². The molecule has 106 valence electrons. The molecule has 0 radical (unpaired) electrons. The van der Waals surface area contributed by atoms with E-state index in [9.17, 15) is 9.18 Å². The van der Waals surface area contributed by atoms with Crippen LogP contribution in [0.5, 0.6) is 0 Å². The SMILES string of the molecule is CN(CCCCCO)C(=O)c1cc(F)c(Cl)cc1Cl. The molecule has 0 spiro atoms. The van der Waals surface area contributed by atoms with Crippen LogP contribution in [0.4, 0.5) is 4.39 Å². The van der Waals surface area contributed by atoms with Crippen LogP contribution in [-0.4, -0.2) is 36.1 Å². The van der Waals surface area contributed by atoms with E-state index in [1.807, 2.05) is 0 Å². The van der Waals surface area contributed by atoms with Gasteiger partial charge in [-0.25, -0.2) is 4.39 Å². The fourth-order valence-corrected chi connectivity index (χ4v) is 2.10. The largest absolute Gasteiger partial charge is 0.396 e. The van der Waals surface area contributed by atoms with Gasteiger partial charge in [0, 0.05) is 20.2 Å². The van der Waals surface area contributed by atoms with Crippen molar-refractivity contribution in [3.63, 3.8) is 0 Å². The van der Waals surface area contributed by atoms with Gasteiger partial charge in [-0.3, -0.25) is 4.79 Å². The molecule has 0 heterocycles. The average Bonchev–Trinajstić information content (AvgIpc) is 2.38. The lowest BCUT2D eigenvalue weighted by molar-refractivity contribution is 0.0792. The highest BCUT2D eigenvalue weighted by Gasteiger charge is 2.17. The summed E-state index contributed by atoms with van der Waals surface area (Å²) < 4.78 is 13.3. The van der Waals surface area contributed by atoms with Gasteiger partial charge in [0.2, 0.25) is 0 Å². The van der Waals surface area contributed by atoms with Crippen molar-refractivity contribution < 1.29 is 14.3 Å². The van der Waals surface area contributed by atoms with Crippen molar-refractivity contribution in [3.05, 3.63) is 33.6 Å². The van der Waals surface area contributed by atoms with Crippen molar-refractivity contribution in [3.8, 4) is 0 Å². The van der Waals surface area contributed by atoms with Crippen molar-refractivity contribution >= 4 is 29.1 Å². The number of carbonyl (C=O) groups excluding carboxylic acids is 1. The van der Waals surface area contributed by atoms with Crippen LogP contribution in [0.3, 0.4) is 0 Å². The van der Waals surface area contributed by atoms with E-state index in [0.29, 0.717) is 13.0 Å². The number of halogens is 3. The smallest absolute Gasteiger partial charge is 0.255 e. The van der Waals surface area contributed by atoms with E-state index < -0.39 is 5.82 Å². The molecule has 0 saturated heterocycles. The van der Waals surface area contributed by atoms with Crippen LogP contribution in [0.1, 0.15) is 29.6 Å². The van der Waals surface area contributed by atoms with E-state index in [1.165, 1.54) is 11.0 Å². The first-order chi connectivity index (χ1) is 8.97. The molecule has 0 saturated carbocycles. The lowest BCUT2D eigenvalue weighted by atomic mass is 10.1. The molecule has 0 fully saturated rings. The molecular weight excluding hydrogens is 292 g/mol. The number of nitrogens with zero attached hydrogens (tertiary/aromatic N) is 1. The number of aliphatic hydroxyl groups is 1. The summed E-state index contributed by atoms with van der Waals surface area (Å²) >= 11 is 11.5. The van der Waals surface area contributed by atoms with Crippen LogP contribution >= 0.6 is 23.2 Å². The first kappa shape index (κ1) is 16.2. The molecule has 3 nitrogen and oxygen atoms in total. The van der Waals surface area contributed by atoms with Crippen molar-refractivity contribution in [2.75, 3.05) is 20.2 Å². The van der Waals surface area contributed by atoms with Gasteiger partial charge in [0.25, 0.3) is 5.91 Å². The summed E-state index contributed by atoms with van der Waals surface area (Å²) in [5.41, 5.74) is 0.105. The molecule has 1 amide bonds. The van der Waals surface area contributed by atoms with Gasteiger partial charge >= 0.3 is 0 Å². The highest BCUT2D eigenvalue weighted by molar-refractivity contribution is 6.36. The summed E-state index contributed by atoms with van der Waals surface area (Å²) in [4.78, 5) is 13.6. The molecular formula is C13H16Cl2FNO2. The molecule has 0 unspecified atom stereocenters. The van der Waals surface area contributed by atoms with E-state index in [0.717, 1.165) is 18.9 Å². The van der Waals surface area contributed by atoms with E-state index in [2.05, 4.69) is 0 Å². The van der Waals surface area contributed by atoms with Crippen LogP contribution < -0.4 is 0 Å². The Morgan fingerprint density at radius 2 is 1.95 bits per heavy atom. The lowest BCUT2D eigenvalue weighted by Gasteiger charge is -2.18. The Balaban J connectivity index is 2.69. The molecule has 0 aliphatic heterocycles.